The van der Waals surface area contributed by atoms with E-state index >= 15 is 0 Å². The lowest BCUT2D eigenvalue weighted by atomic mass is 9.75. The Morgan fingerprint density at radius 2 is 1.50 bits per heavy atom. The molecule has 1 aliphatic carbocycles. The van der Waals surface area contributed by atoms with Gasteiger partial charge in [0.05, 0.1) is 0 Å². The summed E-state index contributed by atoms with van der Waals surface area (Å²) in [6.45, 7) is 15.0. The summed E-state index contributed by atoms with van der Waals surface area (Å²) in [5, 5.41) is 28.4. The van der Waals surface area contributed by atoms with Gasteiger partial charge in [0.25, 0.3) is 0 Å². The van der Waals surface area contributed by atoms with Crippen LogP contribution in [0.1, 0.15) is 98.5 Å². The Balaban J connectivity index is 1.80. The third-order valence-electron chi connectivity index (χ3n) is 8.19. The number of allylic oxidation sites excluding steroid dienone is 8. The molecule has 44 heavy (non-hydrogen) atoms. The third kappa shape index (κ3) is 9.36. The zero-order chi connectivity index (χ0) is 32.2. The van der Waals surface area contributed by atoms with E-state index in [1.807, 2.05) is 38.1 Å². The van der Waals surface area contributed by atoms with Gasteiger partial charge in [-0.2, -0.15) is 15.8 Å². The van der Waals surface area contributed by atoms with Crippen molar-refractivity contribution in [2.24, 2.45) is 5.41 Å². The number of rotatable bonds is 13. The van der Waals surface area contributed by atoms with Crippen molar-refractivity contribution in [1.82, 2.24) is 0 Å². The van der Waals surface area contributed by atoms with E-state index in [2.05, 4.69) is 87.2 Å². The SMILES string of the molecule is CCCCCN(CCCCC)c1ccc(/C=C/C2=CC(=C/C=C/C3=C(C#N)C(=C(C#N)C#N)OC3(C)C)/CC(C)(C)C2)cc1. The zero-order valence-electron chi connectivity index (χ0n) is 27.5. The fourth-order valence-corrected chi connectivity index (χ4v) is 5.95. The molecular weight excluding hydrogens is 540 g/mol. The molecular formula is C39H48N4O. The molecule has 0 amide bonds. The fraction of sp³-hybridized carbons (Fsp3) is 0.462. The zero-order valence-corrected chi connectivity index (χ0v) is 27.5. The first-order chi connectivity index (χ1) is 21.1. The van der Waals surface area contributed by atoms with Crippen molar-refractivity contribution in [1.29, 1.82) is 15.8 Å². The second-order valence-electron chi connectivity index (χ2n) is 13.1. The van der Waals surface area contributed by atoms with Crippen LogP contribution in [0, 0.1) is 39.4 Å². The van der Waals surface area contributed by atoms with Crippen LogP contribution in [0.3, 0.4) is 0 Å². The lowest BCUT2D eigenvalue weighted by molar-refractivity contribution is 0.0954. The van der Waals surface area contributed by atoms with Crippen molar-refractivity contribution < 1.29 is 4.74 Å². The highest BCUT2D eigenvalue weighted by atomic mass is 16.5. The van der Waals surface area contributed by atoms with Crippen LogP contribution in [0.25, 0.3) is 6.08 Å². The number of hydrogen-bond donors (Lipinski definition) is 0. The van der Waals surface area contributed by atoms with Crippen molar-refractivity contribution in [3.8, 4) is 18.2 Å². The molecule has 0 atom stereocenters. The maximum absolute atomic E-state index is 9.80. The largest absolute Gasteiger partial charge is 0.480 e. The molecule has 0 unspecified atom stereocenters. The number of nitriles is 3. The van der Waals surface area contributed by atoms with Crippen molar-refractivity contribution in [2.75, 3.05) is 18.0 Å². The van der Waals surface area contributed by atoms with Crippen LogP contribution in [0.2, 0.25) is 0 Å². The smallest absolute Gasteiger partial charge is 0.172 e. The van der Waals surface area contributed by atoms with E-state index in [0.717, 1.165) is 25.9 Å². The van der Waals surface area contributed by atoms with Gasteiger partial charge in [-0.15, -0.1) is 0 Å². The first-order valence-electron chi connectivity index (χ1n) is 16.1. The Bertz CT molecular complexity index is 1450. The van der Waals surface area contributed by atoms with Gasteiger partial charge < -0.3 is 9.64 Å². The van der Waals surface area contributed by atoms with Crippen LogP contribution < -0.4 is 4.90 Å². The van der Waals surface area contributed by atoms with Gasteiger partial charge >= 0.3 is 0 Å². The standard InChI is InChI=1S/C39H48N4O/c1-7-9-11-22-43(23-12-10-8-2)34-20-18-30(19-21-34)16-17-32-24-31(25-38(3,4)26-32)14-13-15-36-35(29-42)37(33(27-40)28-41)44-39(36,5)6/h13-21,24H,7-12,22-23,25-26H2,1-6H3/b15-13+,17-16+,31-14-. The first kappa shape index (κ1) is 34.2. The molecule has 0 aromatic heterocycles. The van der Waals surface area contributed by atoms with E-state index in [-0.39, 0.29) is 22.3 Å². The highest BCUT2D eigenvalue weighted by molar-refractivity contribution is 5.61. The van der Waals surface area contributed by atoms with Crippen LogP contribution in [0.15, 0.2) is 88.3 Å². The highest BCUT2D eigenvalue weighted by Gasteiger charge is 2.38. The molecule has 2 aliphatic rings. The van der Waals surface area contributed by atoms with Crippen LogP contribution >= 0.6 is 0 Å². The molecule has 1 heterocycles. The summed E-state index contributed by atoms with van der Waals surface area (Å²) in [4.78, 5) is 2.55. The van der Waals surface area contributed by atoms with Crippen molar-refractivity contribution in [2.45, 2.75) is 98.5 Å². The van der Waals surface area contributed by atoms with Crippen molar-refractivity contribution in [3.63, 3.8) is 0 Å². The lowest BCUT2D eigenvalue weighted by Crippen LogP contribution is -2.25. The van der Waals surface area contributed by atoms with Gasteiger partial charge in [-0.05, 0) is 73.8 Å². The molecule has 1 aromatic rings. The molecule has 0 spiro atoms. The predicted octanol–water partition coefficient (Wildman–Crippen LogP) is 10.0. The molecule has 3 rings (SSSR count). The lowest BCUT2D eigenvalue weighted by Gasteiger charge is -2.30. The van der Waals surface area contributed by atoms with Gasteiger partial charge in [0, 0.05) is 24.4 Å². The van der Waals surface area contributed by atoms with Gasteiger partial charge in [-0.25, -0.2) is 0 Å². The number of anilines is 1. The molecule has 0 saturated heterocycles. The van der Waals surface area contributed by atoms with Crippen LogP contribution in [-0.4, -0.2) is 18.7 Å². The summed E-state index contributed by atoms with van der Waals surface area (Å²) < 4.78 is 5.88. The Morgan fingerprint density at radius 3 is 2.07 bits per heavy atom. The van der Waals surface area contributed by atoms with E-state index < -0.39 is 5.60 Å². The van der Waals surface area contributed by atoms with Gasteiger partial charge in [-0.3, -0.25) is 0 Å². The third-order valence-corrected chi connectivity index (χ3v) is 8.19. The number of nitrogens with zero attached hydrogens (tertiary/aromatic N) is 4. The van der Waals surface area contributed by atoms with E-state index in [1.54, 1.807) is 0 Å². The molecule has 0 bridgehead atoms. The Labute approximate surface area is 265 Å². The average molecular weight is 589 g/mol. The molecule has 0 saturated carbocycles. The molecule has 1 aromatic carbocycles. The summed E-state index contributed by atoms with van der Waals surface area (Å²) in [5.41, 5.74) is 5.02. The van der Waals surface area contributed by atoms with E-state index in [1.165, 1.54) is 60.9 Å². The molecule has 0 N–H and O–H groups in total. The van der Waals surface area contributed by atoms with Crippen molar-refractivity contribution in [3.05, 3.63) is 93.8 Å². The van der Waals surface area contributed by atoms with E-state index in [4.69, 9.17) is 4.74 Å². The molecule has 0 radical (unpaired) electrons. The van der Waals surface area contributed by atoms with Crippen LogP contribution in [-0.2, 0) is 4.74 Å². The summed E-state index contributed by atoms with van der Waals surface area (Å²) >= 11 is 0. The quantitative estimate of drug-likeness (QED) is 0.169. The Hall–Kier alpha value is -4.27. The minimum atomic E-state index is -0.818. The monoisotopic (exact) mass is 588 g/mol. The fourth-order valence-electron chi connectivity index (χ4n) is 5.95. The normalized spacial score (nSPS) is 18.2. The van der Waals surface area contributed by atoms with Gasteiger partial charge in [0.1, 0.15) is 29.4 Å². The van der Waals surface area contributed by atoms with Crippen LogP contribution in [0.5, 0.6) is 0 Å². The molecule has 5 nitrogen and oxygen atoms in total. The number of unbranched alkanes of at least 4 members (excludes halogenated alkanes) is 4. The van der Waals surface area contributed by atoms with E-state index in [0.29, 0.717) is 5.57 Å². The van der Waals surface area contributed by atoms with Gasteiger partial charge in [-0.1, -0.05) is 102 Å². The number of hydrogen-bond acceptors (Lipinski definition) is 5. The number of ether oxygens (including phenoxy) is 1. The topological polar surface area (TPSA) is 83.8 Å². The van der Waals surface area contributed by atoms with Crippen LogP contribution in [0.4, 0.5) is 5.69 Å². The minimum absolute atomic E-state index is 0.0645. The summed E-state index contributed by atoms with van der Waals surface area (Å²) in [6, 6.07) is 14.8. The Kier molecular flexibility index (Phi) is 12.4. The van der Waals surface area contributed by atoms with Crippen molar-refractivity contribution >= 4 is 11.8 Å². The number of benzene rings is 1. The second kappa shape index (κ2) is 16.0. The first-order valence-corrected chi connectivity index (χ1v) is 16.1. The summed E-state index contributed by atoms with van der Waals surface area (Å²) in [6.07, 6.45) is 22.1. The summed E-state index contributed by atoms with van der Waals surface area (Å²) in [7, 11) is 0. The molecule has 5 heteroatoms. The second-order valence-corrected chi connectivity index (χ2v) is 13.1. The maximum Gasteiger partial charge on any atom is 0.172 e. The molecule has 1 aliphatic heterocycles. The minimum Gasteiger partial charge on any atom is -0.480 e. The van der Waals surface area contributed by atoms with Gasteiger partial charge in [0.15, 0.2) is 11.3 Å². The predicted molar refractivity (Wildman–Crippen MR) is 181 cm³/mol. The maximum atomic E-state index is 9.80. The van der Waals surface area contributed by atoms with Gasteiger partial charge in [0.2, 0.25) is 0 Å². The average Bonchev–Trinajstić information content (AvgIpc) is 3.24. The summed E-state index contributed by atoms with van der Waals surface area (Å²) in [5.74, 6) is 0.0645. The highest BCUT2D eigenvalue weighted by Crippen LogP contribution is 2.41. The molecule has 230 valence electrons. The Morgan fingerprint density at radius 1 is 0.864 bits per heavy atom. The molecule has 0 fully saturated rings. The van der Waals surface area contributed by atoms with E-state index in [9.17, 15) is 15.8 Å².